The normalized spacial score (nSPS) is 9.73. The Morgan fingerprint density at radius 1 is 1.55 bits per heavy atom. The Morgan fingerprint density at radius 3 is 2.45 bits per heavy atom. The zero-order valence-electron chi connectivity index (χ0n) is 6.42. The van der Waals surface area contributed by atoms with Crippen molar-refractivity contribution in [2.24, 2.45) is 0 Å². The molecule has 0 saturated heterocycles. The molecule has 63 valence electrons. The molecule has 5 nitrogen and oxygen atoms in total. The maximum Gasteiger partial charge on any atom is 0.296 e. The highest BCUT2D eigenvalue weighted by molar-refractivity contribution is 6.23. The molecule has 0 atom stereocenters. The van der Waals surface area contributed by atoms with Crippen LogP contribution < -0.4 is 5.32 Å². The van der Waals surface area contributed by atoms with Crippen molar-refractivity contribution in [1.82, 2.24) is 5.32 Å². The Bertz CT molecular complexity index is 133. The van der Waals surface area contributed by atoms with E-state index in [0.29, 0.717) is 0 Å². The van der Waals surface area contributed by atoms with Gasteiger partial charge in [-0.25, -0.2) is 0 Å². The number of carbonyl (C=O) groups excluding carboxylic acids is 2. The number of hydrogen-bond acceptors (Lipinski definition) is 4. The molecule has 0 unspecified atom stereocenters. The van der Waals surface area contributed by atoms with Crippen LogP contribution in [-0.2, 0) is 19.1 Å². The first-order valence-electron chi connectivity index (χ1n) is 2.96. The number of ether oxygens (including phenoxy) is 2. The predicted molar refractivity (Wildman–Crippen MR) is 36.5 cm³/mol. The van der Waals surface area contributed by atoms with Gasteiger partial charge in [0.25, 0.3) is 12.2 Å². The molecule has 5 heteroatoms. The van der Waals surface area contributed by atoms with E-state index in [-0.39, 0.29) is 6.54 Å². The molecule has 0 aromatic carbocycles. The third-order valence-corrected chi connectivity index (χ3v) is 1.05. The number of nitrogens with one attached hydrogen (secondary N) is 1. The second-order valence-electron chi connectivity index (χ2n) is 1.71. The molecule has 0 fully saturated rings. The fourth-order valence-electron chi connectivity index (χ4n) is 0.475. The third kappa shape index (κ3) is 4.46. The minimum atomic E-state index is -0.802. The summed E-state index contributed by atoms with van der Waals surface area (Å²) in [7, 11) is 2.87. The largest absolute Gasteiger partial charge is 0.354 e. The van der Waals surface area contributed by atoms with Gasteiger partial charge in [-0.1, -0.05) is 0 Å². The first-order chi connectivity index (χ1) is 5.24. The van der Waals surface area contributed by atoms with Gasteiger partial charge in [0.15, 0.2) is 6.29 Å². The van der Waals surface area contributed by atoms with Crippen LogP contribution in [0.3, 0.4) is 0 Å². The molecule has 0 aliphatic carbocycles. The van der Waals surface area contributed by atoms with Crippen molar-refractivity contribution in [1.29, 1.82) is 0 Å². The zero-order chi connectivity index (χ0) is 8.69. The van der Waals surface area contributed by atoms with Crippen molar-refractivity contribution in [3.63, 3.8) is 0 Å². The van der Waals surface area contributed by atoms with Gasteiger partial charge in [-0.15, -0.1) is 0 Å². The summed E-state index contributed by atoms with van der Waals surface area (Å²) in [6, 6.07) is 0. The van der Waals surface area contributed by atoms with Gasteiger partial charge >= 0.3 is 0 Å². The van der Waals surface area contributed by atoms with Crippen molar-refractivity contribution < 1.29 is 19.1 Å². The summed E-state index contributed by atoms with van der Waals surface area (Å²) in [5, 5.41) is 2.22. The lowest BCUT2D eigenvalue weighted by molar-refractivity contribution is -0.122. The topological polar surface area (TPSA) is 64.6 Å². The van der Waals surface area contributed by atoms with Gasteiger partial charge in [0.05, 0.1) is 6.54 Å². The summed E-state index contributed by atoms with van der Waals surface area (Å²) in [6.07, 6.45) is 0.636. The van der Waals surface area contributed by atoms with E-state index < -0.39 is 12.2 Å². The maximum absolute atomic E-state index is 10.3. The lowest BCUT2D eigenvalue weighted by Gasteiger charge is -2.12. The van der Waals surface area contributed by atoms with Crippen molar-refractivity contribution in [3.8, 4) is 0 Å². The summed E-state index contributed by atoms with van der Waals surface area (Å²) in [5.41, 5.74) is 0. The summed E-state index contributed by atoms with van der Waals surface area (Å²) < 4.78 is 9.46. The molecule has 0 heterocycles. The van der Waals surface area contributed by atoms with Crippen molar-refractivity contribution >= 4 is 12.2 Å². The van der Waals surface area contributed by atoms with E-state index in [0.717, 1.165) is 6.29 Å². The molecule has 0 aromatic heterocycles. The van der Waals surface area contributed by atoms with Gasteiger partial charge in [0.1, 0.15) is 0 Å². The Morgan fingerprint density at radius 2 is 2.09 bits per heavy atom. The average molecular weight is 160 g/mol. The first-order valence-corrected chi connectivity index (χ1v) is 2.96. The molecule has 1 radical (unpaired) electrons. The summed E-state index contributed by atoms with van der Waals surface area (Å²) in [6.45, 7) is 0.140. The molecular weight excluding hydrogens is 150 g/mol. The fourth-order valence-corrected chi connectivity index (χ4v) is 0.475. The van der Waals surface area contributed by atoms with Crippen LogP contribution in [0.2, 0.25) is 0 Å². The van der Waals surface area contributed by atoms with Gasteiger partial charge in [-0.2, -0.15) is 0 Å². The molecule has 0 bridgehead atoms. The zero-order valence-corrected chi connectivity index (χ0v) is 6.42. The molecule has 1 amide bonds. The van der Waals surface area contributed by atoms with Crippen LogP contribution in [0.1, 0.15) is 0 Å². The molecule has 0 spiro atoms. The van der Waals surface area contributed by atoms with E-state index in [2.05, 4.69) is 5.32 Å². The van der Waals surface area contributed by atoms with Gasteiger partial charge in [-0.05, 0) is 0 Å². The molecule has 11 heavy (non-hydrogen) atoms. The lowest BCUT2D eigenvalue weighted by Crippen LogP contribution is -2.34. The number of carbonyl (C=O) groups is 1. The monoisotopic (exact) mass is 160 g/mol. The highest BCUT2D eigenvalue weighted by atomic mass is 16.7. The smallest absolute Gasteiger partial charge is 0.296 e. The number of rotatable bonds is 5. The Kier molecular flexibility index (Phi) is 5.32. The molecular formula is C6H10NO4. The van der Waals surface area contributed by atoms with Gasteiger partial charge in [-0.3, -0.25) is 9.59 Å². The van der Waals surface area contributed by atoms with Crippen LogP contribution >= 0.6 is 0 Å². The Hall–Kier alpha value is -0.940. The minimum absolute atomic E-state index is 0.140. The van der Waals surface area contributed by atoms with Crippen molar-refractivity contribution in [3.05, 3.63) is 0 Å². The second kappa shape index (κ2) is 5.82. The van der Waals surface area contributed by atoms with Crippen LogP contribution in [0.5, 0.6) is 0 Å². The molecule has 0 rings (SSSR count). The highest BCUT2D eigenvalue weighted by Gasteiger charge is 2.06. The van der Waals surface area contributed by atoms with Gasteiger partial charge < -0.3 is 14.8 Å². The molecule has 0 aliphatic heterocycles. The highest BCUT2D eigenvalue weighted by Crippen LogP contribution is 1.86. The maximum atomic E-state index is 10.3. The molecule has 1 N–H and O–H groups in total. The van der Waals surface area contributed by atoms with E-state index in [1.807, 2.05) is 0 Å². The van der Waals surface area contributed by atoms with Crippen LogP contribution in [0.4, 0.5) is 0 Å². The van der Waals surface area contributed by atoms with E-state index >= 15 is 0 Å². The standard InChI is InChI=1S/C6H10NO4/c1-10-6(11-2)3-7-5(9)4-8/h6H,3H2,1-2H3,(H,7,9). The Labute approximate surface area is 64.7 Å². The Balaban J connectivity index is 3.49. The van der Waals surface area contributed by atoms with E-state index in [4.69, 9.17) is 9.47 Å². The van der Waals surface area contributed by atoms with Crippen LogP contribution in [0.15, 0.2) is 0 Å². The average Bonchev–Trinajstić information content (AvgIpc) is 2.06. The van der Waals surface area contributed by atoms with Gasteiger partial charge in [0, 0.05) is 14.2 Å². The number of amides is 1. The predicted octanol–water partition coefficient (Wildman–Crippen LogP) is -1.17. The van der Waals surface area contributed by atoms with E-state index in [1.165, 1.54) is 14.2 Å². The van der Waals surface area contributed by atoms with Crippen LogP contribution in [0.25, 0.3) is 0 Å². The molecule has 0 aliphatic rings. The number of hydrogen-bond donors (Lipinski definition) is 1. The van der Waals surface area contributed by atoms with Crippen LogP contribution in [0, 0.1) is 0 Å². The quantitative estimate of drug-likeness (QED) is 0.406. The second-order valence-corrected chi connectivity index (χ2v) is 1.71. The fraction of sp³-hybridized carbons (Fsp3) is 0.667. The molecule has 0 saturated carbocycles. The lowest BCUT2D eigenvalue weighted by atomic mass is 10.5. The minimum Gasteiger partial charge on any atom is -0.354 e. The first kappa shape index (κ1) is 10.1. The summed E-state index contributed by atoms with van der Waals surface area (Å²) in [4.78, 5) is 20.0. The SMILES string of the molecule is COC(CNC(=O)[C]=O)OC. The third-order valence-electron chi connectivity index (χ3n) is 1.05. The summed E-state index contributed by atoms with van der Waals surface area (Å²) in [5.74, 6) is -0.802. The van der Waals surface area contributed by atoms with E-state index in [1.54, 1.807) is 0 Å². The van der Waals surface area contributed by atoms with Crippen molar-refractivity contribution in [2.75, 3.05) is 20.8 Å². The number of methoxy groups -OCH3 is 2. The summed E-state index contributed by atoms with van der Waals surface area (Å²) >= 11 is 0. The van der Waals surface area contributed by atoms with E-state index in [9.17, 15) is 9.59 Å². The van der Waals surface area contributed by atoms with Crippen molar-refractivity contribution in [2.45, 2.75) is 6.29 Å². The van der Waals surface area contributed by atoms with Crippen LogP contribution in [-0.4, -0.2) is 39.2 Å². The van der Waals surface area contributed by atoms with Gasteiger partial charge in [0.2, 0.25) is 0 Å². The molecule has 0 aromatic rings.